The molecule has 2 heterocycles. The summed E-state index contributed by atoms with van der Waals surface area (Å²) in [5.74, 6) is 0.0436. The smallest absolute Gasteiger partial charge is 0.396 e. The molecule has 1 aromatic heterocycles. The summed E-state index contributed by atoms with van der Waals surface area (Å²) < 4.78 is 38.4. The van der Waals surface area contributed by atoms with E-state index in [4.69, 9.17) is 5.26 Å². The lowest BCUT2D eigenvalue weighted by Gasteiger charge is -2.38. The first-order valence-electron chi connectivity index (χ1n) is 6.72. The van der Waals surface area contributed by atoms with Crippen LogP contribution < -0.4 is 4.90 Å². The van der Waals surface area contributed by atoms with Crippen molar-refractivity contribution in [1.82, 2.24) is 4.98 Å². The van der Waals surface area contributed by atoms with Crippen LogP contribution in [0.3, 0.4) is 0 Å². The lowest BCUT2D eigenvalue weighted by Crippen LogP contribution is -2.44. The second-order valence-corrected chi connectivity index (χ2v) is 5.30. The van der Waals surface area contributed by atoms with Crippen LogP contribution >= 0.6 is 0 Å². The molecule has 21 heavy (non-hydrogen) atoms. The number of nitrogens with zero attached hydrogens (tertiary/aromatic N) is 3. The topological polar surface area (TPSA) is 60.1 Å². The van der Waals surface area contributed by atoms with Crippen LogP contribution in [0.5, 0.6) is 0 Å². The van der Waals surface area contributed by atoms with E-state index in [1.165, 1.54) is 0 Å². The Balaban J connectivity index is 2.43. The van der Waals surface area contributed by atoms with Gasteiger partial charge in [0, 0.05) is 19.2 Å². The van der Waals surface area contributed by atoms with E-state index < -0.39 is 11.9 Å². The third-order valence-electron chi connectivity index (χ3n) is 3.80. The van der Waals surface area contributed by atoms with Crippen LogP contribution in [-0.4, -0.2) is 29.3 Å². The zero-order valence-corrected chi connectivity index (χ0v) is 11.6. The molecular formula is C14H16F3N3O. The van der Waals surface area contributed by atoms with Crippen LogP contribution in [0, 0.1) is 17.2 Å². The molecule has 0 saturated carbocycles. The number of halogens is 3. The molecule has 0 spiro atoms. The van der Waals surface area contributed by atoms with E-state index in [2.05, 4.69) is 4.98 Å². The molecule has 1 aromatic rings. The highest BCUT2D eigenvalue weighted by Crippen LogP contribution is 2.33. The molecule has 0 aromatic carbocycles. The Morgan fingerprint density at radius 1 is 1.43 bits per heavy atom. The van der Waals surface area contributed by atoms with Crippen molar-refractivity contribution in [2.75, 3.05) is 18.1 Å². The van der Waals surface area contributed by atoms with Crippen LogP contribution in [0.4, 0.5) is 19.0 Å². The predicted octanol–water partition coefficient (Wildman–Crippen LogP) is 2.57. The number of piperidine rings is 1. The van der Waals surface area contributed by atoms with Gasteiger partial charge < -0.3 is 10.0 Å². The number of alkyl halides is 3. The first-order chi connectivity index (χ1) is 9.86. The van der Waals surface area contributed by atoms with Crippen molar-refractivity contribution in [3.63, 3.8) is 0 Å². The standard InChI is InChI=1S/C14H16F3N3O/c1-9-2-3-10(8-21)7-20(9)13-11(6-18)4-5-12(19-13)14(15,16)17/h4-5,9-10,21H,2-3,7-8H2,1H3/t9-,10+/m1/s1. The molecule has 0 unspecified atom stereocenters. The van der Waals surface area contributed by atoms with Crippen molar-refractivity contribution in [2.45, 2.75) is 32.0 Å². The number of nitriles is 1. The highest BCUT2D eigenvalue weighted by atomic mass is 19.4. The van der Waals surface area contributed by atoms with Gasteiger partial charge in [0.15, 0.2) is 0 Å². The summed E-state index contributed by atoms with van der Waals surface area (Å²) in [6, 6.07) is 3.85. The molecule has 1 saturated heterocycles. The van der Waals surface area contributed by atoms with Crippen LogP contribution in [-0.2, 0) is 6.18 Å². The number of aromatic nitrogens is 1. The predicted molar refractivity (Wildman–Crippen MR) is 70.6 cm³/mol. The summed E-state index contributed by atoms with van der Waals surface area (Å²) in [5, 5.41) is 18.4. The molecule has 1 aliphatic rings. The van der Waals surface area contributed by atoms with Gasteiger partial charge in [-0.15, -0.1) is 0 Å². The summed E-state index contributed by atoms with van der Waals surface area (Å²) >= 11 is 0. The molecule has 2 atom stereocenters. The molecule has 0 bridgehead atoms. The fourth-order valence-corrected chi connectivity index (χ4v) is 2.54. The number of rotatable bonds is 2. The van der Waals surface area contributed by atoms with E-state index in [0.717, 1.165) is 25.0 Å². The SMILES string of the molecule is C[C@@H]1CC[C@H](CO)CN1c1nc(C(F)(F)F)ccc1C#N. The molecule has 1 aliphatic heterocycles. The molecule has 4 nitrogen and oxygen atoms in total. The summed E-state index contributed by atoms with van der Waals surface area (Å²) in [4.78, 5) is 5.35. The first-order valence-corrected chi connectivity index (χ1v) is 6.72. The van der Waals surface area contributed by atoms with Crippen LogP contribution in [0.2, 0.25) is 0 Å². The fourth-order valence-electron chi connectivity index (χ4n) is 2.54. The average Bonchev–Trinajstić information content (AvgIpc) is 2.46. The van der Waals surface area contributed by atoms with Gasteiger partial charge in [0.25, 0.3) is 0 Å². The van der Waals surface area contributed by atoms with Crippen molar-refractivity contribution in [1.29, 1.82) is 5.26 Å². The lowest BCUT2D eigenvalue weighted by molar-refractivity contribution is -0.141. The highest BCUT2D eigenvalue weighted by Gasteiger charge is 2.35. The van der Waals surface area contributed by atoms with Crippen molar-refractivity contribution >= 4 is 5.82 Å². The van der Waals surface area contributed by atoms with E-state index in [9.17, 15) is 18.3 Å². The minimum atomic E-state index is -4.54. The number of hydrogen-bond donors (Lipinski definition) is 1. The zero-order valence-electron chi connectivity index (χ0n) is 11.6. The normalized spacial score (nSPS) is 23.0. The van der Waals surface area contributed by atoms with E-state index >= 15 is 0 Å². The summed E-state index contributed by atoms with van der Waals surface area (Å²) in [5.41, 5.74) is -0.886. The molecule has 0 aliphatic carbocycles. The van der Waals surface area contributed by atoms with E-state index in [1.807, 2.05) is 13.0 Å². The van der Waals surface area contributed by atoms with Gasteiger partial charge >= 0.3 is 6.18 Å². The van der Waals surface area contributed by atoms with Crippen LogP contribution in [0.1, 0.15) is 31.0 Å². The Morgan fingerprint density at radius 3 is 2.71 bits per heavy atom. The zero-order chi connectivity index (χ0) is 15.6. The van der Waals surface area contributed by atoms with Crippen molar-refractivity contribution in [3.05, 3.63) is 23.4 Å². The highest BCUT2D eigenvalue weighted by molar-refractivity contribution is 5.55. The Bertz CT molecular complexity index is 553. The number of pyridine rings is 1. The van der Waals surface area contributed by atoms with Gasteiger partial charge in [-0.2, -0.15) is 18.4 Å². The Hall–Kier alpha value is -1.81. The number of anilines is 1. The second-order valence-electron chi connectivity index (χ2n) is 5.30. The van der Waals surface area contributed by atoms with E-state index in [-0.39, 0.29) is 29.9 Å². The van der Waals surface area contributed by atoms with Crippen molar-refractivity contribution in [2.24, 2.45) is 5.92 Å². The van der Waals surface area contributed by atoms with Crippen LogP contribution in [0.25, 0.3) is 0 Å². The van der Waals surface area contributed by atoms with Crippen molar-refractivity contribution < 1.29 is 18.3 Å². The number of aliphatic hydroxyl groups is 1. The third kappa shape index (κ3) is 3.27. The van der Waals surface area contributed by atoms with E-state index in [0.29, 0.717) is 6.54 Å². The monoisotopic (exact) mass is 299 g/mol. The molecule has 114 valence electrons. The van der Waals surface area contributed by atoms with Gasteiger partial charge in [-0.3, -0.25) is 0 Å². The molecular weight excluding hydrogens is 283 g/mol. The van der Waals surface area contributed by atoms with Gasteiger partial charge in [-0.25, -0.2) is 4.98 Å². The first kappa shape index (κ1) is 15.6. The van der Waals surface area contributed by atoms with Crippen molar-refractivity contribution in [3.8, 4) is 6.07 Å². The van der Waals surface area contributed by atoms with Gasteiger partial charge in [-0.1, -0.05) is 0 Å². The van der Waals surface area contributed by atoms with Gasteiger partial charge in [0.2, 0.25) is 0 Å². The van der Waals surface area contributed by atoms with Gasteiger partial charge in [0.05, 0.1) is 5.56 Å². The maximum Gasteiger partial charge on any atom is 0.433 e. The maximum atomic E-state index is 12.8. The average molecular weight is 299 g/mol. The summed E-state index contributed by atoms with van der Waals surface area (Å²) in [7, 11) is 0. The maximum absolute atomic E-state index is 12.8. The Kier molecular flexibility index (Phi) is 4.37. The largest absolute Gasteiger partial charge is 0.433 e. The fraction of sp³-hybridized carbons (Fsp3) is 0.571. The summed E-state index contributed by atoms with van der Waals surface area (Å²) in [6.07, 6.45) is -2.98. The van der Waals surface area contributed by atoms with Crippen LogP contribution in [0.15, 0.2) is 12.1 Å². The van der Waals surface area contributed by atoms with E-state index in [1.54, 1.807) is 4.90 Å². The minimum absolute atomic E-state index is 0.0101. The minimum Gasteiger partial charge on any atom is -0.396 e. The summed E-state index contributed by atoms with van der Waals surface area (Å²) in [6.45, 7) is 2.27. The molecule has 7 heteroatoms. The van der Waals surface area contributed by atoms with Gasteiger partial charge in [-0.05, 0) is 37.8 Å². The Labute approximate surface area is 120 Å². The molecule has 2 rings (SSSR count). The molecule has 0 amide bonds. The molecule has 1 fully saturated rings. The quantitative estimate of drug-likeness (QED) is 0.912. The Morgan fingerprint density at radius 2 is 2.14 bits per heavy atom. The number of hydrogen-bond acceptors (Lipinski definition) is 4. The lowest BCUT2D eigenvalue weighted by atomic mass is 9.93. The third-order valence-corrected chi connectivity index (χ3v) is 3.80. The van der Waals surface area contributed by atoms with Gasteiger partial charge in [0.1, 0.15) is 17.6 Å². The number of aliphatic hydroxyl groups excluding tert-OH is 1. The molecule has 0 radical (unpaired) electrons. The molecule has 1 N–H and O–H groups in total. The second kappa shape index (κ2) is 5.90.